The standard InChI is InChI=1S/C17H21N5/c1-12(18-11-15-10-13-7-8-14(15)9-13)17-19-20-21-22(17)16-5-3-2-4-6-16/h2-8,12-15,18H,9-11H2,1H3/t12-,13-,14-,15+/m0/s1. The lowest BCUT2D eigenvalue weighted by Gasteiger charge is -2.21. The van der Waals surface area contributed by atoms with Crippen LogP contribution in [-0.2, 0) is 0 Å². The summed E-state index contributed by atoms with van der Waals surface area (Å²) in [7, 11) is 0. The first kappa shape index (κ1) is 13.6. The van der Waals surface area contributed by atoms with E-state index in [1.54, 1.807) is 0 Å². The first-order valence-electron chi connectivity index (χ1n) is 8.06. The van der Waals surface area contributed by atoms with Gasteiger partial charge in [0.25, 0.3) is 0 Å². The minimum atomic E-state index is 0.137. The third-order valence-electron chi connectivity index (χ3n) is 4.98. The van der Waals surface area contributed by atoms with Crippen molar-refractivity contribution in [3.8, 4) is 5.69 Å². The lowest BCUT2D eigenvalue weighted by atomic mass is 9.93. The van der Waals surface area contributed by atoms with Gasteiger partial charge < -0.3 is 5.32 Å². The number of aromatic nitrogens is 4. The molecule has 22 heavy (non-hydrogen) atoms. The van der Waals surface area contributed by atoms with Crippen LogP contribution < -0.4 is 5.32 Å². The van der Waals surface area contributed by atoms with Crippen molar-refractivity contribution in [2.24, 2.45) is 17.8 Å². The van der Waals surface area contributed by atoms with E-state index in [0.717, 1.165) is 35.8 Å². The third-order valence-corrected chi connectivity index (χ3v) is 4.98. The van der Waals surface area contributed by atoms with Crippen LogP contribution in [-0.4, -0.2) is 26.8 Å². The number of benzene rings is 1. The van der Waals surface area contributed by atoms with Crippen molar-refractivity contribution in [1.29, 1.82) is 0 Å². The van der Waals surface area contributed by atoms with E-state index >= 15 is 0 Å². The molecule has 2 aliphatic carbocycles. The summed E-state index contributed by atoms with van der Waals surface area (Å²) in [6.45, 7) is 3.17. The maximum absolute atomic E-state index is 4.21. The fourth-order valence-corrected chi connectivity index (χ4v) is 3.77. The molecule has 4 atom stereocenters. The number of allylic oxidation sites excluding steroid dienone is 2. The molecule has 1 aromatic carbocycles. The molecule has 0 aliphatic heterocycles. The van der Waals surface area contributed by atoms with Crippen molar-refractivity contribution in [3.05, 3.63) is 48.3 Å². The van der Waals surface area contributed by atoms with Crippen LogP contribution in [0.1, 0.15) is 31.6 Å². The Balaban J connectivity index is 1.44. The van der Waals surface area contributed by atoms with Crippen molar-refractivity contribution in [1.82, 2.24) is 25.5 Å². The molecule has 5 heteroatoms. The van der Waals surface area contributed by atoms with E-state index < -0.39 is 0 Å². The molecule has 114 valence electrons. The fourth-order valence-electron chi connectivity index (χ4n) is 3.77. The number of rotatable bonds is 5. The number of hydrogen-bond acceptors (Lipinski definition) is 4. The minimum Gasteiger partial charge on any atom is -0.307 e. The van der Waals surface area contributed by atoms with Gasteiger partial charge in [-0.05, 0) is 66.6 Å². The van der Waals surface area contributed by atoms with E-state index in [4.69, 9.17) is 0 Å². The topological polar surface area (TPSA) is 55.6 Å². The molecule has 1 N–H and O–H groups in total. The Morgan fingerprint density at radius 1 is 1.23 bits per heavy atom. The van der Waals surface area contributed by atoms with Crippen LogP contribution in [0.4, 0.5) is 0 Å². The van der Waals surface area contributed by atoms with Crippen LogP contribution in [0.15, 0.2) is 42.5 Å². The van der Waals surface area contributed by atoms with Crippen molar-refractivity contribution in [3.63, 3.8) is 0 Å². The molecular formula is C17H21N5. The maximum Gasteiger partial charge on any atom is 0.173 e. The summed E-state index contributed by atoms with van der Waals surface area (Å²) in [4.78, 5) is 0. The van der Waals surface area contributed by atoms with Gasteiger partial charge in [-0.3, -0.25) is 0 Å². The molecule has 2 aromatic rings. The molecule has 1 fully saturated rings. The number of fused-ring (bicyclic) bond motifs is 2. The second-order valence-corrected chi connectivity index (χ2v) is 6.45. The predicted octanol–water partition coefficient (Wildman–Crippen LogP) is 2.53. The van der Waals surface area contributed by atoms with Crippen LogP contribution in [0.2, 0.25) is 0 Å². The molecular weight excluding hydrogens is 274 g/mol. The van der Waals surface area contributed by atoms with Crippen LogP contribution in [0.25, 0.3) is 5.69 Å². The Morgan fingerprint density at radius 3 is 2.82 bits per heavy atom. The first-order valence-corrected chi connectivity index (χ1v) is 8.06. The van der Waals surface area contributed by atoms with E-state index in [1.807, 2.05) is 35.0 Å². The van der Waals surface area contributed by atoms with Crippen molar-refractivity contribution in [2.45, 2.75) is 25.8 Å². The summed E-state index contributed by atoms with van der Waals surface area (Å²) in [5.41, 5.74) is 0.999. The van der Waals surface area contributed by atoms with Gasteiger partial charge in [0.05, 0.1) is 11.7 Å². The second-order valence-electron chi connectivity index (χ2n) is 6.45. The summed E-state index contributed by atoms with van der Waals surface area (Å²) < 4.78 is 1.82. The monoisotopic (exact) mass is 295 g/mol. The summed E-state index contributed by atoms with van der Waals surface area (Å²) in [6.07, 6.45) is 7.47. The molecule has 0 amide bonds. The van der Waals surface area contributed by atoms with E-state index in [2.05, 4.69) is 39.9 Å². The van der Waals surface area contributed by atoms with E-state index in [0.29, 0.717) is 0 Å². The number of para-hydroxylation sites is 1. The molecule has 2 bridgehead atoms. The van der Waals surface area contributed by atoms with E-state index in [-0.39, 0.29) is 6.04 Å². The summed E-state index contributed by atoms with van der Waals surface area (Å²) >= 11 is 0. The van der Waals surface area contributed by atoms with Gasteiger partial charge in [-0.2, -0.15) is 4.68 Å². The molecule has 2 aliphatic rings. The quantitative estimate of drug-likeness (QED) is 0.861. The number of nitrogens with one attached hydrogen (secondary N) is 1. The Kier molecular flexibility index (Phi) is 3.50. The van der Waals surface area contributed by atoms with E-state index in [1.165, 1.54) is 12.8 Å². The van der Waals surface area contributed by atoms with Crippen LogP contribution >= 0.6 is 0 Å². The maximum atomic E-state index is 4.21. The highest BCUT2D eigenvalue weighted by Gasteiger charge is 2.35. The van der Waals surface area contributed by atoms with Crippen LogP contribution in [0.3, 0.4) is 0 Å². The second kappa shape index (κ2) is 5.65. The molecule has 1 heterocycles. The molecule has 0 radical (unpaired) electrons. The minimum absolute atomic E-state index is 0.137. The number of hydrogen-bond donors (Lipinski definition) is 1. The van der Waals surface area contributed by atoms with E-state index in [9.17, 15) is 0 Å². The number of tetrazole rings is 1. The highest BCUT2D eigenvalue weighted by molar-refractivity contribution is 5.30. The normalized spacial score (nSPS) is 27.4. The summed E-state index contributed by atoms with van der Waals surface area (Å²) in [5.74, 6) is 3.22. The average molecular weight is 295 g/mol. The summed E-state index contributed by atoms with van der Waals surface area (Å²) in [5, 5.41) is 15.8. The molecule has 5 nitrogen and oxygen atoms in total. The largest absolute Gasteiger partial charge is 0.307 e. The van der Waals surface area contributed by atoms with Gasteiger partial charge in [0.2, 0.25) is 0 Å². The Labute approximate surface area is 130 Å². The van der Waals surface area contributed by atoms with Gasteiger partial charge in [0.1, 0.15) is 0 Å². The highest BCUT2D eigenvalue weighted by Crippen LogP contribution is 2.43. The van der Waals surface area contributed by atoms with Gasteiger partial charge in [0, 0.05) is 0 Å². The first-order chi connectivity index (χ1) is 10.8. The van der Waals surface area contributed by atoms with Crippen molar-refractivity contribution in [2.75, 3.05) is 6.54 Å². The van der Waals surface area contributed by atoms with Crippen molar-refractivity contribution >= 4 is 0 Å². The SMILES string of the molecule is C[C@H](NC[C@H]1C[C@H]2C=C[C@H]1C2)c1nnnn1-c1ccccc1. The van der Waals surface area contributed by atoms with Crippen molar-refractivity contribution < 1.29 is 0 Å². The Hall–Kier alpha value is -2.01. The van der Waals surface area contributed by atoms with Gasteiger partial charge in [0.15, 0.2) is 5.82 Å². The van der Waals surface area contributed by atoms with Gasteiger partial charge in [-0.1, -0.05) is 30.4 Å². The fraction of sp³-hybridized carbons (Fsp3) is 0.471. The average Bonchev–Trinajstić information content (AvgIpc) is 3.29. The Morgan fingerprint density at radius 2 is 2.09 bits per heavy atom. The number of nitrogens with zero attached hydrogens (tertiary/aromatic N) is 4. The third kappa shape index (κ3) is 2.46. The van der Waals surface area contributed by atoms with Crippen LogP contribution in [0.5, 0.6) is 0 Å². The predicted molar refractivity (Wildman–Crippen MR) is 84.4 cm³/mol. The molecule has 0 saturated heterocycles. The lowest BCUT2D eigenvalue weighted by molar-refractivity contribution is 0.386. The van der Waals surface area contributed by atoms with Gasteiger partial charge in [-0.15, -0.1) is 5.10 Å². The molecule has 1 saturated carbocycles. The smallest absolute Gasteiger partial charge is 0.173 e. The van der Waals surface area contributed by atoms with Crippen LogP contribution in [0, 0.1) is 17.8 Å². The lowest BCUT2D eigenvalue weighted by Crippen LogP contribution is -2.29. The zero-order chi connectivity index (χ0) is 14.9. The van der Waals surface area contributed by atoms with Gasteiger partial charge >= 0.3 is 0 Å². The molecule has 1 aromatic heterocycles. The zero-order valence-corrected chi connectivity index (χ0v) is 12.8. The van der Waals surface area contributed by atoms with Gasteiger partial charge in [-0.25, -0.2) is 0 Å². The molecule has 4 rings (SSSR count). The molecule has 0 unspecified atom stereocenters. The molecule has 0 spiro atoms. The highest BCUT2D eigenvalue weighted by atomic mass is 15.5. The zero-order valence-electron chi connectivity index (χ0n) is 12.8. The summed E-state index contributed by atoms with van der Waals surface area (Å²) in [6, 6.07) is 10.2. The Bertz CT molecular complexity index is 663.